The lowest BCUT2D eigenvalue weighted by Crippen LogP contribution is -2.47. The molecule has 0 saturated heterocycles. The van der Waals surface area contributed by atoms with Gasteiger partial charge in [0.2, 0.25) is 0 Å². The lowest BCUT2D eigenvalue weighted by atomic mass is 9.83. The molecule has 0 heterocycles. The summed E-state index contributed by atoms with van der Waals surface area (Å²) in [5, 5.41) is 33.8. The van der Waals surface area contributed by atoms with Crippen LogP contribution in [0, 0.1) is 17.8 Å². The van der Waals surface area contributed by atoms with Gasteiger partial charge in [0.05, 0.1) is 12.2 Å². The van der Waals surface area contributed by atoms with Gasteiger partial charge in [-0.2, -0.15) is 0 Å². The largest absolute Gasteiger partial charge is 0.508 e. The van der Waals surface area contributed by atoms with Crippen molar-refractivity contribution in [2.45, 2.75) is 78.0 Å². The van der Waals surface area contributed by atoms with E-state index in [-0.39, 0.29) is 29.5 Å². The number of aliphatic hydroxyl groups excluding tert-OH is 2. The fraction of sp³-hybridized carbons (Fsp3) is 0.500. The zero-order valence-electron chi connectivity index (χ0n) is 22.3. The zero-order chi connectivity index (χ0) is 27.1. The van der Waals surface area contributed by atoms with Gasteiger partial charge in [-0.1, -0.05) is 81.5 Å². The van der Waals surface area contributed by atoms with E-state index in [1.54, 1.807) is 18.2 Å². The Balaban J connectivity index is 2.56. The number of hydrogen-bond donors (Lipinski definition) is 5. The molecule has 1 rings (SSSR count). The Kier molecular flexibility index (Phi) is 14.5. The van der Waals surface area contributed by atoms with Crippen LogP contribution in [0.2, 0.25) is 0 Å². The van der Waals surface area contributed by atoms with Crippen molar-refractivity contribution in [1.82, 2.24) is 5.32 Å². The highest BCUT2D eigenvalue weighted by Crippen LogP contribution is 2.25. The average Bonchev–Trinajstić information content (AvgIpc) is 2.81. The first-order chi connectivity index (χ1) is 17.0. The molecule has 0 radical (unpaired) electrons. The average molecular weight is 499 g/mol. The standard InChI is InChI=1S/C30H46N2O4/c1-6-7-9-16-27(32-30(31)36)24(5)29(35)23(4)19-21(2)18-22(3)28(34)17-11-8-10-13-25-14-12-15-26(33)20-25/h6-9,11-12,14-15,18,20,22-24,27-29,33-35H,1,10,13,16-17,19H2,2-5H3,(H3,31,32,36)/b9-7-,11-8-,21-18-. The van der Waals surface area contributed by atoms with Crippen LogP contribution in [-0.4, -0.2) is 39.6 Å². The van der Waals surface area contributed by atoms with Crippen molar-refractivity contribution in [1.29, 1.82) is 0 Å². The maximum Gasteiger partial charge on any atom is 0.312 e. The number of aliphatic hydroxyl groups is 2. The summed E-state index contributed by atoms with van der Waals surface area (Å²) in [4.78, 5) is 11.4. The van der Waals surface area contributed by atoms with Gasteiger partial charge in [-0.15, -0.1) is 0 Å². The summed E-state index contributed by atoms with van der Waals surface area (Å²) < 4.78 is 0. The number of phenols is 1. The van der Waals surface area contributed by atoms with E-state index in [0.29, 0.717) is 19.3 Å². The normalized spacial score (nSPS) is 17.4. The third-order valence-corrected chi connectivity index (χ3v) is 6.60. The number of phenolic OH excluding ortho intramolecular Hbond substituents is 1. The molecule has 36 heavy (non-hydrogen) atoms. The molecule has 1 aromatic rings. The van der Waals surface area contributed by atoms with Gasteiger partial charge in [0, 0.05) is 17.9 Å². The molecule has 2 amide bonds. The summed E-state index contributed by atoms with van der Waals surface area (Å²) in [6.45, 7) is 11.6. The van der Waals surface area contributed by atoms with Gasteiger partial charge >= 0.3 is 6.03 Å². The number of aromatic hydroxyl groups is 1. The Morgan fingerprint density at radius 3 is 2.50 bits per heavy atom. The van der Waals surface area contributed by atoms with Gasteiger partial charge in [0.15, 0.2) is 0 Å². The number of amides is 2. The molecule has 1 aromatic carbocycles. The van der Waals surface area contributed by atoms with Crippen LogP contribution in [0.25, 0.3) is 0 Å². The molecule has 6 nitrogen and oxygen atoms in total. The van der Waals surface area contributed by atoms with Crippen molar-refractivity contribution >= 4 is 6.03 Å². The number of primary amides is 1. The molecule has 6 atom stereocenters. The lowest BCUT2D eigenvalue weighted by molar-refractivity contribution is 0.0494. The summed E-state index contributed by atoms with van der Waals surface area (Å²) in [7, 11) is 0. The highest BCUT2D eigenvalue weighted by atomic mass is 16.3. The number of rotatable bonds is 16. The number of urea groups is 1. The number of carbonyl (C=O) groups is 1. The maximum absolute atomic E-state index is 11.4. The topological polar surface area (TPSA) is 116 Å². The number of aryl methyl sites for hydroxylation is 1. The Morgan fingerprint density at radius 2 is 1.86 bits per heavy atom. The van der Waals surface area contributed by atoms with Crippen LogP contribution in [-0.2, 0) is 6.42 Å². The molecule has 200 valence electrons. The summed E-state index contributed by atoms with van der Waals surface area (Å²) >= 11 is 0. The van der Waals surface area contributed by atoms with E-state index < -0.39 is 18.2 Å². The van der Waals surface area contributed by atoms with Crippen molar-refractivity contribution in [3.05, 3.63) is 78.4 Å². The minimum absolute atomic E-state index is 0.0178. The first kappa shape index (κ1) is 31.2. The monoisotopic (exact) mass is 498 g/mol. The summed E-state index contributed by atoms with van der Waals surface area (Å²) in [6, 6.07) is 6.38. The van der Waals surface area contributed by atoms with Crippen LogP contribution in [0.15, 0.2) is 72.9 Å². The van der Waals surface area contributed by atoms with Crippen LogP contribution in [0.3, 0.4) is 0 Å². The molecule has 6 N–H and O–H groups in total. The zero-order valence-corrected chi connectivity index (χ0v) is 22.3. The lowest BCUT2D eigenvalue weighted by Gasteiger charge is -2.31. The maximum atomic E-state index is 11.4. The molecule has 0 aromatic heterocycles. The number of allylic oxidation sites excluding steroid dienone is 4. The molecule has 0 bridgehead atoms. The number of hydrogen-bond acceptors (Lipinski definition) is 4. The highest BCUT2D eigenvalue weighted by molar-refractivity contribution is 5.72. The van der Waals surface area contributed by atoms with Crippen molar-refractivity contribution in [3.63, 3.8) is 0 Å². The summed E-state index contributed by atoms with van der Waals surface area (Å²) in [5.41, 5.74) is 7.53. The third-order valence-electron chi connectivity index (χ3n) is 6.60. The second-order valence-corrected chi connectivity index (χ2v) is 9.90. The fourth-order valence-electron chi connectivity index (χ4n) is 4.45. The number of carbonyl (C=O) groups excluding carboxylic acids is 1. The second-order valence-electron chi connectivity index (χ2n) is 9.90. The first-order valence-electron chi connectivity index (χ1n) is 12.8. The number of nitrogens with two attached hydrogens (primary N) is 1. The molecule has 0 aliphatic carbocycles. The van der Waals surface area contributed by atoms with Crippen molar-refractivity contribution in [3.8, 4) is 5.75 Å². The van der Waals surface area contributed by atoms with E-state index in [1.807, 2.05) is 58.1 Å². The minimum Gasteiger partial charge on any atom is -0.508 e. The van der Waals surface area contributed by atoms with Crippen LogP contribution in [0.4, 0.5) is 4.79 Å². The molecule has 6 heteroatoms. The smallest absolute Gasteiger partial charge is 0.312 e. The van der Waals surface area contributed by atoms with Crippen LogP contribution in [0.5, 0.6) is 5.75 Å². The van der Waals surface area contributed by atoms with Crippen molar-refractivity contribution in [2.75, 3.05) is 0 Å². The van der Waals surface area contributed by atoms with E-state index in [0.717, 1.165) is 24.0 Å². The molecule has 0 aliphatic rings. The van der Waals surface area contributed by atoms with Gasteiger partial charge in [0.25, 0.3) is 0 Å². The van der Waals surface area contributed by atoms with Crippen LogP contribution >= 0.6 is 0 Å². The molecule has 0 saturated carbocycles. The first-order valence-corrected chi connectivity index (χ1v) is 12.8. The van der Waals surface area contributed by atoms with Crippen molar-refractivity contribution < 1.29 is 20.1 Å². The molecule has 0 fully saturated rings. The third kappa shape index (κ3) is 12.2. The second kappa shape index (κ2) is 16.8. The van der Waals surface area contributed by atoms with E-state index >= 15 is 0 Å². The van der Waals surface area contributed by atoms with Gasteiger partial charge in [-0.25, -0.2) is 4.79 Å². The summed E-state index contributed by atoms with van der Waals surface area (Å²) in [6.07, 6.45) is 13.9. The number of benzene rings is 1. The van der Waals surface area contributed by atoms with Gasteiger partial charge in [0.1, 0.15) is 5.75 Å². The van der Waals surface area contributed by atoms with Gasteiger partial charge in [-0.3, -0.25) is 0 Å². The molecule has 0 aliphatic heterocycles. The SMILES string of the molecule is C=C/C=C\CC(NC(N)=O)C(C)C(O)C(C)C/C(C)=C\C(C)C(O)C/C=C\CCc1cccc(O)c1. The molecule has 6 unspecified atom stereocenters. The predicted molar refractivity (Wildman–Crippen MR) is 149 cm³/mol. The Labute approximate surface area is 217 Å². The Morgan fingerprint density at radius 1 is 1.14 bits per heavy atom. The minimum atomic E-state index is -0.628. The summed E-state index contributed by atoms with van der Waals surface area (Å²) in [5.74, 6) is 0.0408. The van der Waals surface area contributed by atoms with Gasteiger partial charge in [-0.05, 0) is 62.6 Å². The highest BCUT2D eigenvalue weighted by Gasteiger charge is 2.28. The fourth-order valence-corrected chi connectivity index (χ4v) is 4.45. The van der Waals surface area contributed by atoms with E-state index in [2.05, 4.69) is 24.0 Å². The van der Waals surface area contributed by atoms with Crippen molar-refractivity contribution in [2.24, 2.45) is 23.5 Å². The van der Waals surface area contributed by atoms with E-state index in [4.69, 9.17) is 5.73 Å². The van der Waals surface area contributed by atoms with E-state index in [9.17, 15) is 20.1 Å². The molecule has 0 spiro atoms. The van der Waals surface area contributed by atoms with Crippen LogP contribution in [0.1, 0.15) is 58.9 Å². The van der Waals surface area contributed by atoms with Gasteiger partial charge < -0.3 is 26.4 Å². The molecular weight excluding hydrogens is 452 g/mol. The number of nitrogens with one attached hydrogen (secondary N) is 1. The predicted octanol–water partition coefficient (Wildman–Crippen LogP) is 5.41. The van der Waals surface area contributed by atoms with Crippen LogP contribution < -0.4 is 11.1 Å². The Hall–Kier alpha value is -2.83. The Bertz CT molecular complexity index is 893. The molecular formula is C30H46N2O4. The quantitative estimate of drug-likeness (QED) is 0.155. The van der Waals surface area contributed by atoms with E-state index in [1.165, 1.54) is 0 Å².